The fraction of sp³-hybridized carbons (Fsp3) is 1.00. The Kier molecular flexibility index (Phi) is 2.76. The molecular formula is C7H14IN. The Morgan fingerprint density at radius 3 is 2.00 bits per heavy atom. The van der Waals surface area contributed by atoms with Gasteiger partial charge in [0, 0.05) is 36.0 Å². The number of piperidine rings is 1. The zero-order valence-electron chi connectivity index (χ0n) is 6.10. The van der Waals surface area contributed by atoms with E-state index in [9.17, 15) is 0 Å². The molecule has 0 aromatic rings. The average Bonchev–Trinajstić information content (AvgIpc) is 1.59. The van der Waals surface area contributed by atoms with Crippen molar-refractivity contribution in [2.75, 3.05) is 13.1 Å². The van der Waals surface area contributed by atoms with Crippen molar-refractivity contribution >= 4 is 22.9 Å². The van der Waals surface area contributed by atoms with Crippen LogP contribution in [0.1, 0.15) is 20.3 Å². The van der Waals surface area contributed by atoms with E-state index in [-0.39, 0.29) is 0 Å². The summed E-state index contributed by atoms with van der Waals surface area (Å²) in [6.07, 6.45) is 1.42. The maximum absolute atomic E-state index is 2.42. The molecule has 2 atom stereocenters. The summed E-state index contributed by atoms with van der Waals surface area (Å²) in [5.74, 6) is 1.82. The lowest BCUT2D eigenvalue weighted by atomic mass is 9.94. The minimum atomic E-state index is 0.908. The maximum atomic E-state index is 2.42. The Labute approximate surface area is 71.3 Å². The highest BCUT2D eigenvalue weighted by Crippen LogP contribution is 2.22. The largest absolute Gasteiger partial charge is 0.247 e. The highest BCUT2D eigenvalue weighted by Gasteiger charge is 2.19. The van der Waals surface area contributed by atoms with E-state index in [2.05, 4.69) is 39.8 Å². The van der Waals surface area contributed by atoms with Crippen LogP contribution in [0.3, 0.4) is 0 Å². The Morgan fingerprint density at radius 2 is 1.67 bits per heavy atom. The van der Waals surface area contributed by atoms with Gasteiger partial charge in [0.1, 0.15) is 0 Å². The third-order valence-corrected chi connectivity index (χ3v) is 2.61. The predicted molar refractivity (Wildman–Crippen MR) is 48.5 cm³/mol. The van der Waals surface area contributed by atoms with Crippen molar-refractivity contribution in [2.45, 2.75) is 20.3 Å². The molecule has 0 saturated carbocycles. The Bertz CT molecular complexity index is 69.9. The number of nitrogens with zero attached hydrogens (tertiary/aromatic N) is 1. The molecule has 0 bridgehead atoms. The second kappa shape index (κ2) is 3.19. The molecule has 0 N–H and O–H groups in total. The second-order valence-corrected chi connectivity index (χ2v) is 4.64. The summed E-state index contributed by atoms with van der Waals surface area (Å²) >= 11 is 2.42. The predicted octanol–water partition coefficient (Wildman–Crippen LogP) is 2.31. The van der Waals surface area contributed by atoms with Gasteiger partial charge in [-0.25, -0.2) is 3.11 Å². The van der Waals surface area contributed by atoms with E-state index in [1.54, 1.807) is 0 Å². The van der Waals surface area contributed by atoms with Gasteiger partial charge >= 0.3 is 0 Å². The number of halogens is 1. The third kappa shape index (κ3) is 2.42. The fourth-order valence-corrected chi connectivity index (χ4v) is 2.93. The monoisotopic (exact) mass is 239 g/mol. The summed E-state index contributed by atoms with van der Waals surface area (Å²) < 4.78 is 2.40. The van der Waals surface area contributed by atoms with Gasteiger partial charge in [0.05, 0.1) is 0 Å². The topological polar surface area (TPSA) is 3.24 Å². The lowest BCUT2D eigenvalue weighted by Crippen LogP contribution is -2.31. The standard InChI is InChI=1S/C7H14IN/c1-6-3-7(2)5-9(8)4-6/h6-7H,3-5H2,1-2H3/t6-,7+. The molecule has 0 unspecified atom stereocenters. The van der Waals surface area contributed by atoms with Gasteiger partial charge in [0.25, 0.3) is 0 Å². The molecule has 1 fully saturated rings. The van der Waals surface area contributed by atoms with Crippen LogP contribution >= 0.6 is 22.9 Å². The van der Waals surface area contributed by atoms with Crippen molar-refractivity contribution < 1.29 is 0 Å². The van der Waals surface area contributed by atoms with Crippen LogP contribution in [0, 0.1) is 11.8 Å². The molecule has 0 aliphatic carbocycles. The summed E-state index contributed by atoms with van der Waals surface area (Å²) in [7, 11) is 0. The van der Waals surface area contributed by atoms with Crippen molar-refractivity contribution in [1.82, 2.24) is 3.11 Å². The molecule has 0 aromatic carbocycles. The van der Waals surface area contributed by atoms with Crippen LogP contribution in [0.4, 0.5) is 0 Å². The van der Waals surface area contributed by atoms with E-state index in [1.165, 1.54) is 19.5 Å². The van der Waals surface area contributed by atoms with Crippen LogP contribution in [0.15, 0.2) is 0 Å². The first-order chi connectivity index (χ1) is 4.18. The molecule has 2 heteroatoms. The zero-order chi connectivity index (χ0) is 6.85. The Hall–Kier alpha value is 0.690. The van der Waals surface area contributed by atoms with Crippen molar-refractivity contribution in [3.8, 4) is 0 Å². The quantitative estimate of drug-likeness (QED) is 0.463. The molecule has 1 heterocycles. The van der Waals surface area contributed by atoms with E-state index in [0.29, 0.717) is 0 Å². The smallest absolute Gasteiger partial charge is 0.0201 e. The van der Waals surface area contributed by atoms with Crippen LogP contribution < -0.4 is 0 Å². The first-order valence-corrected chi connectivity index (χ1v) is 4.55. The summed E-state index contributed by atoms with van der Waals surface area (Å²) in [4.78, 5) is 0. The van der Waals surface area contributed by atoms with Crippen molar-refractivity contribution in [3.05, 3.63) is 0 Å². The number of rotatable bonds is 0. The van der Waals surface area contributed by atoms with Gasteiger partial charge in [-0.1, -0.05) is 13.8 Å². The fourth-order valence-electron chi connectivity index (χ4n) is 1.59. The highest BCUT2D eigenvalue weighted by atomic mass is 127. The lowest BCUT2D eigenvalue weighted by Gasteiger charge is -2.30. The van der Waals surface area contributed by atoms with Gasteiger partial charge in [0.15, 0.2) is 0 Å². The minimum Gasteiger partial charge on any atom is -0.247 e. The van der Waals surface area contributed by atoms with E-state index < -0.39 is 0 Å². The van der Waals surface area contributed by atoms with Crippen molar-refractivity contribution in [2.24, 2.45) is 11.8 Å². The molecule has 1 rings (SSSR count). The maximum Gasteiger partial charge on any atom is 0.0201 e. The van der Waals surface area contributed by atoms with E-state index in [4.69, 9.17) is 0 Å². The van der Waals surface area contributed by atoms with E-state index >= 15 is 0 Å². The normalized spacial score (nSPS) is 39.0. The lowest BCUT2D eigenvalue weighted by molar-refractivity contribution is 0.254. The molecule has 54 valence electrons. The van der Waals surface area contributed by atoms with Crippen LogP contribution in [0.5, 0.6) is 0 Å². The summed E-state index contributed by atoms with van der Waals surface area (Å²) in [6.45, 7) is 7.23. The molecular weight excluding hydrogens is 225 g/mol. The molecule has 9 heavy (non-hydrogen) atoms. The van der Waals surface area contributed by atoms with E-state index in [1.807, 2.05) is 0 Å². The molecule has 1 aliphatic heterocycles. The summed E-state index contributed by atoms with van der Waals surface area (Å²) in [5.41, 5.74) is 0. The summed E-state index contributed by atoms with van der Waals surface area (Å²) in [6, 6.07) is 0. The number of hydrogen-bond donors (Lipinski definition) is 0. The Morgan fingerprint density at radius 1 is 1.22 bits per heavy atom. The van der Waals surface area contributed by atoms with E-state index in [0.717, 1.165) is 11.8 Å². The number of hydrogen-bond acceptors (Lipinski definition) is 1. The Balaban J connectivity index is 2.34. The van der Waals surface area contributed by atoms with Gasteiger partial charge in [-0.15, -0.1) is 0 Å². The zero-order valence-corrected chi connectivity index (χ0v) is 8.26. The van der Waals surface area contributed by atoms with Gasteiger partial charge in [-0.2, -0.15) is 0 Å². The molecule has 1 aliphatic rings. The van der Waals surface area contributed by atoms with Crippen molar-refractivity contribution in [3.63, 3.8) is 0 Å². The molecule has 0 radical (unpaired) electrons. The van der Waals surface area contributed by atoms with Crippen LogP contribution in [0.2, 0.25) is 0 Å². The second-order valence-electron chi connectivity index (χ2n) is 3.27. The van der Waals surface area contributed by atoms with Gasteiger partial charge < -0.3 is 0 Å². The van der Waals surface area contributed by atoms with Crippen LogP contribution in [0.25, 0.3) is 0 Å². The van der Waals surface area contributed by atoms with Crippen molar-refractivity contribution in [1.29, 1.82) is 0 Å². The SMILES string of the molecule is C[C@@H]1C[C@H](C)CN(I)C1. The third-order valence-electron chi connectivity index (χ3n) is 1.82. The first kappa shape index (κ1) is 7.79. The molecule has 0 spiro atoms. The molecule has 1 nitrogen and oxygen atoms in total. The molecule has 0 aromatic heterocycles. The average molecular weight is 239 g/mol. The van der Waals surface area contributed by atoms with Gasteiger partial charge in [-0.05, 0) is 18.3 Å². The first-order valence-electron chi connectivity index (χ1n) is 3.59. The molecule has 1 saturated heterocycles. The summed E-state index contributed by atoms with van der Waals surface area (Å²) in [5, 5.41) is 0. The van der Waals surface area contributed by atoms with Gasteiger partial charge in [-0.3, -0.25) is 0 Å². The molecule has 0 amide bonds. The minimum absolute atomic E-state index is 0.908. The highest BCUT2D eigenvalue weighted by molar-refractivity contribution is 14.1. The van der Waals surface area contributed by atoms with Crippen LogP contribution in [-0.2, 0) is 0 Å². The van der Waals surface area contributed by atoms with Crippen LogP contribution in [-0.4, -0.2) is 16.2 Å². The van der Waals surface area contributed by atoms with Gasteiger partial charge in [0.2, 0.25) is 0 Å².